The molecule has 1 unspecified atom stereocenters. The molecule has 0 aliphatic rings. The minimum Gasteiger partial charge on any atom is -0.307 e. The average molecular weight is 380 g/mol. The lowest BCUT2D eigenvalue weighted by Gasteiger charge is -2.29. The zero-order chi connectivity index (χ0) is 18.1. The van der Waals surface area contributed by atoms with Crippen LogP contribution in [0.5, 0.6) is 0 Å². The summed E-state index contributed by atoms with van der Waals surface area (Å²) in [6.07, 6.45) is 0. The Hall–Kier alpha value is -0.520. The fraction of sp³-hybridized carbons (Fsp3) is 0.600. The molecule has 7 nitrogen and oxygen atoms in total. The number of phosphoric acid groups is 1. The van der Waals surface area contributed by atoms with Crippen LogP contribution in [0, 0.1) is 0 Å². The maximum absolute atomic E-state index is 13.2. The minimum absolute atomic E-state index is 0.117. The van der Waals surface area contributed by atoms with Crippen LogP contribution in [0.1, 0.15) is 39.1 Å². The summed E-state index contributed by atoms with van der Waals surface area (Å²) in [7, 11) is -7.67. The number of benzene rings is 1. The number of phosphoric ester groups is 1. The summed E-state index contributed by atoms with van der Waals surface area (Å²) in [6, 6.07) is 8.69. The molecule has 0 aliphatic carbocycles. The van der Waals surface area contributed by atoms with Gasteiger partial charge in [-0.05, 0) is 33.3 Å². The molecule has 1 atom stereocenters. The van der Waals surface area contributed by atoms with Gasteiger partial charge in [-0.2, -0.15) is 0 Å². The largest absolute Gasteiger partial charge is 0.475 e. The highest BCUT2D eigenvalue weighted by Gasteiger charge is 2.44. The van der Waals surface area contributed by atoms with Crippen LogP contribution >= 0.6 is 15.4 Å². The fourth-order valence-electron chi connectivity index (χ4n) is 1.99. The van der Waals surface area contributed by atoms with E-state index in [2.05, 4.69) is 0 Å². The molecule has 0 aliphatic heterocycles. The van der Waals surface area contributed by atoms with Gasteiger partial charge in [-0.1, -0.05) is 30.3 Å². The highest BCUT2D eigenvalue weighted by atomic mass is 31.2. The Balaban J connectivity index is 3.27. The zero-order valence-corrected chi connectivity index (χ0v) is 16.3. The molecule has 9 heteroatoms. The van der Waals surface area contributed by atoms with Gasteiger partial charge in [-0.15, -0.1) is 0 Å². The quantitative estimate of drug-likeness (QED) is 0.464. The van der Waals surface area contributed by atoms with Gasteiger partial charge in [0.2, 0.25) is 0 Å². The van der Waals surface area contributed by atoms with Crippen molar-refractivity contribution in [3.8, 4) is 0 Å². The van der Waals surface area contributed by atoms with Crippen molar-refractivity contribution in [3.05, 3.63) is 35.9 Å². The van der Waals surface area contributed by atoms with E-state index in [9.17, 15) is 9.13 Å². The third kappa shape index (κ3) is 6.08. The monoisotopic (exact) mass is 380 g/mol. The van der Waals surface area contributed by atoms with Gasteiger partial charge in [-0.25, -0.2) is 4.57 Å². The highest BCUT2D eigenvalue weighted by molar-refractivity contribution is 7.55. The Morgan fingerprint density at radius 2 is 1.25 bits per heavy atom. The molecular formula is C15H26O7P2. The van der Waals surface area contributed by atoms with Crippen molar-refractivity contribution in [2.75, 3.05) is 26.4 Å². The molecule has 138 valence electrons. The zero-order valence-electron chi connectivity index (χ0n) is 14.5. The van der Waals surface area contributed by atoms with Gasteiger partial charge in [0, 0.05) is 0 Å². The van der Waals surface area contributed by atoms with Crippen LogP contribution in [0.4, 0.5) is 0 Å². The Morgan fingerprint density at radius 1 is 0.792 bits per heavy atom. The van der Waals surface area contributed by atoms with E-state index in [1.807, 2.05) is 0 Å². The first-order valence-electron chi connectivity index (χ1n) is 7.95. The van der Waals surface area contributed by atoms with Crippen molar-refractivity contribution in [2.45, 2.75) is 33.5 Å². The summed E-state index contributed by atoms with van der Waals surface area (Å²) >= 11 is 0. The molecule has 1 aromatic carbocycles. The molecular weight excluding hydrogens is 354 g/mol. The standard InChI is InChI=1S/C15H26O7P2/c1-5-18-23(16,19-6-2)15(14-12-10-9-11-13-14)22-24(17,20-7-3)21-8-4/h9-13,15H,5-8H2,1-4H3. The summed E-state index contributed by atoms with van der Waals surface area (Å²) in [6.45, 7) is 7.25. The lowest BCUT2D eigenvalue weighted by atomic mass is 10.2. The molecule has 24 heavy (non-hydrogen) atoms. The van der Waals surface area contributed by atoms with Crippen LogP contribution in [0.25, 0.3) is 0 Å². The van der Waals surface area contributed by atoms with Gasteiger partial charge in [0.25, 0.3) is 0 Å². The second-order valence-electron chi connectivity index (χ2n) is 4.53. The summed E-state index contributed by atoms with van der Waals surface area (Å²) in [5.41, 5.74) is 0.502. The van der Waals surface area contributed by atoms with Crippen molar-refractivity contribution in [3.63, 3.8) is 0 Å². The first-order valence-corrected chi connectivity index (χ1v) is 11.0. The summed E-state index contributed by atoms with van der Waals surface area (Å²) in [4.78, 5) is 0. The van der Waals surface area contributed by atoms with E-state index < -0.39 is 21.3 Å². The van der Waals surface area contributed by atoms with Crippen LogP contribution in [-0.4, -0.2) is 26.4 Å². The molecule has 0 aromatic heterocycles. The number of hydrogen-bond donors (Lipinski definition) is 0. The van der Waals surface area contributed by atoms with E-state index in [4.69, 9.17) is 22.6 Å². The normalized spacial score (nSPS) is 13.8. The Morgan fingerprint density at radius 3 is 1.67 bits per heavy atom. The van der Waals surface area contributed by atoms with Gasteiger partial charge >= 0.3 is 15.4 Å². The molecule has 0 radical (unpaired) electrons. The maximum atomic E-state index is 13.2. The third-order valence-corrected chi connectivity index (χ3v) is 6.79. The Kier molecular flexibility index (Phi) is 9.39. The summed E-state index contributed by atoms with van der Waals surface area (Å²) in [5.74, 6) is -1.22. The maximum Gasteiger partial charge on any atom is 0.475 e. The lowest BCUT2D eigenvalue weighted by molar-refractivity contribution is 0.0893. The van der Waals surface area contributed by atoms with Crippen molar-refractivity contribution in [1.29, 1.82) is 0 Å². The van der Waals surface area contributed by atoms with Crippen molar-refractivity contribution in [1.82, 2.24) is 0 Å². The minimum atomic E-state index is -3.92. The first kappa shape index (κ1) is 21.5. The van der Waals surface area contributed by atoms with Crippen molar-refractivity contribution >= 4 is 15.4 Å². The summed E-state index contributed by atoms with van der Waals surface area (Å²) in [5, 5.41) is 0. The predicted molar refractivity (Wildman–Crippen MR) is 92.0 cm³/mol. The smallest absolute Gasteiger partial charge is 0.307 e. The number of rotatable bonds is 12. The van der Waals surface area contributed by atoms with Crippen LogP contribution in [-0.2, 0) is 31.7 Å². The Labute approximate surface area is 143 Å². The first-order chi connectivity index (χ1) is 11.4. The van der Waals surface area contributed by atoms with E-state index in [1.54, 1.807) is 58.0 Å². The topological polar surface area (TPSA) is 80.3 Å². The molecule has 0 heterocycles. The van der Waals surface area contributed by atoms with Crippen LogP contribution in [0.3, 0.4) is 0 Å². The molecule has 0 fully saturated rings. The second kappa shape index (κ2) is 10.5. The molecule has 0 spiro atoms. The van der Waals surface area contributed by atoms with E-state index >= 15 is 0 Å². The highest BCUT2D eigenvalue weighted by Crippen LogP contribution is 2.67. The van der Waals surface area contributed by atoms with E-state index in [0.717, 1.165) is 0 Å². The molecule has 1 aromatic rings. The molecule has 1 rings (SSSR count). The van der Waals surface area contributed by atoms with E-state index in [-0.39, 0.29) is 26.4 Å². The molecule has 0 saturated heterocycles. The molecule has 0 saturated carbocycles. The fourth-order valence-corrected chi connectivity index (χ4v) is 5.59. The van der Waals surface area contributed by atoms with Gasteiger partial charge < -0.3 is 9.05 Å². The van der Waals surface area contributed by atoms with Crippen LogP contribution in [0.2, 0.25) is 0 Å². The van der Waals surface area contributed by atoms with Crippen molar-refractivity contribution in [2.24, 2.45) is 0 Å². The third-order valence-electron chi connectivity index (χ3n) is 2.79. The van der Waals surface area contributed by atoms with E-state index in [1.165, 1.54) is 0 Å². The van der Waals surface area contributed by atoms with Crippen molar-refractivity contribution < 1.29 is 31.7 Å². The Bertz CT molecular complexity index is 544. The summed E-state index contributed by atoms with van der Waals surface area (Å²) < 4.78 is 52.6. The average Bonchev–Trinajstić information content (AvgIpc) is 2.54. The van der Waals surface area contributed by atoms with Crippen LogP contribution < -0.4 is 0 Å². The molecule has 0 amide bonds. The predicted octanol–water partition coefficient (Wildman–Crippen LogP) is 5.15. The van der Waals surface area contributed by atoms with Crippen LogP contribution in [0.15, 0.2) is 30.3 Å². The van der Waals surface area contributed by atoms with E-state index in [0.29, 0.717) is 5.56 Å². The molecule has 0 N–H and O–H groups in total. The second-order valence-corrected chi connectivity index (χ2v) is 8.21. The number of hydrogen-bond acceptors (Lipinski definition) is 7. The van der Waals surface area contributed by atoms with Gasteiger partial charge in [0.1, 0.15) is 0 Å². The van der Waals surface area contributed by atoms with Gasteiger partial charge in [0.15, 0.2) is 5.85 Å². The molecule has 0 bridgehead atoms. The van der Waals surface area contributed by atoms with Gasteiger partial charge in [-0.3, -0.25) is 18.1 Å². The van der Waals surface area contributed by atoms with Gasteiger partial charge in [0.05, 0.1) is 26.4 Å². The lowest BCUT2D eigenvalue weighted by Crippen LogP contribution is -2.11. The SMILES string of the molecule is CCOP(=O)(OCC)OC(c1ccccc1)P(=O)(OCC)OCC.